The predicted molar refractivity (Wildman–Crippen MR) is 62.3 cm³/mol. The lowest BCUT2D eigenvalue weighted by Crippen LogP contribution is -2.53. The lowest BCUT2D eigenvalue weighted by atomic mass is 9.77. The van der Waals surface area contributed by atoms with Crippen molar-refractivity contribution in [2.45, 2.75) is 44.2 Å². The van der Waals surface area contributed by atoms with Gasteiger partial charge in [-0.25, -0.2) is 0 Å². The smallest absolute Gasteiger partial charge is 0.225 e. The van der Waals surface area contributed by atoms with E-state index in [2.05, 4.69) is 12.2 Å². The van der Waals surface area contributed by atoms with E-state index < -0.39 is 0 Å². The molecule has 1 N–H and O–H groups in total. The summed E-state index contributed by atoms with van der Waals surface area (Å²) in [6, 6.07) is 0.414. The molecule has 1 saturated heterocycles. The van der Waals surface area contributed by atoms with Crippen LogP contribution in [-0.2, 0) is 9.53 Å². The Hall–Kier alpha value is -0.610. The number of methoxy groups -OCH3 is 1. The standard InChI is InChI=1S/C12H22N2O2/c1-10-9-14(7-6-13-10)11(15)8-12(16-2)4-3-5-12/h10,13H,3-9H2,1-2H3/t10-/m0/s1. The Balaban J connectivity index is 1.87. The largest absolute Gasteiger partial charge is 0.378 e. The van der Waals surface area contributed by atoms with Crippen LogP contribution >= 0.6 is 0 Å². The molecule has 0 bridgehead atoms. The molecule has 2 rings (SSSR count). The average Bonchev–Trinajstić information content (AvgIpc) is 2.23. The minimum Gasteiger partial charge on any atom is -0.378 e. The van der Waals surface area contributed by atoms with Crippen molar-refractivity contribution in [3.8, 4) is 0 Å². The molecule has 4 heteroatoms. The van der Waals surface area contributed by atoms with Crippen LogP contribution < -0.4 is 5.32 Å². The van der Waals surface area contributed by atoms with Crippen molar-refractivity contribution >= 4 is 5.91 Å². The maximum absolute atomic E-state index is 12.1. The molecule has 1 aliphatic carbocycles. The number of rotatable bonds is 3. The maximum Gasteiger partial charge on any atom is 0.225 e. The monoisotopic (exact) mass is 226 g/mol. The molecular formula is C12H22N2O2. The van der Waals surface area contributed by atoms with E-state index in [1.54, 1.807) is 7.11 Å². The molecule has 1 aliphatic heterocycles. The SMILES string of the molecule is COC1(CC(=O)N2CCN[C@@H](C)C2)CCC1. The molecule has 1 heterocycles. The third-order valence-corrected chi connectivity index (χ3v) is 3.89. The Labute approximate surface area is 97.3 Å². The Morgan fingerprint density at radius 1 is 1.56 bits per heavy atom. The van der Waals surface area contributed by atoms with Crippen molar-refractivity contribution < 1.29 is 9.53 Å². The Morgan fingerprint density at radius 3 is 2.81 bits per heavy atom. The lowest BCUT2D eigenvalue weighted by Gasteiger charge is -2.42. The second kappa shape index (κ2) is 4.72. The Kier molecular flexibility index (Phi) is 3.50. The molecule has 4 nitrogen and oxygen atoms in total. The zero-order valence-corrected chi connectivity index (χ0v) is 10.3. The molecule has 1 amide bonds. The molecule has 16 heavy (non-hydrogen) atoms. The number of carbonyl (C=O) groups excluding carboxylic acids is 1. The van der Waals surface area contributed by atoms with Crippen molar-refractivity contribution in [2.75, 3.05) is 26.7 Å². The van der Waals surface area contributed by atoms with Gasteiger partial charge in [0.2, 0.25) is 5.91 Å². The minimum atomic E-state index is -0.134. The van der Waals surface area contributed by atoms with Gasteiger partial charge in [0.25, 0.3) is 0 Å². The quantitative estimate of drug-likeness (QED) is 0.772. The number of nitrogens with one attached hydrogen (secondary N) is 1. The normalized spacial score (nSPS) is 28.6. The molecule has 0 spiro atoms. The fourth-order valence-corrected chi connectivity index (χ4v) is 2.57. The van der Waals surface area contributed by atoms with Crippen molar-refractivity contribution in [2.24, 2.45) is 0 Å². The van der Waals surface area contributed by atoms with E-state index in [9.17, 15) is 4.79 Å². The van der Waals surface area contributed by atoms with E-state index in [1.807, 2.05) is 4.90 Å². The lowest BCUT2D eigenvalue weighted by molar-refractivity contribution is -0.145. The molecule has 1 saturated carbocycles. The second-order valence-corrected chi connectivity index (χ2v) is 5.11. The van der Waals surface area contributed by atoms with Gasteiger partial charge in [0.05, 0.1) is 12.0 Å². The van der Waals surface area contributed by atoms with E-state index in [1.165, 1.54) is 6.42 Å². The van der Waals surface area contributed by atoms with Gasteiger partial charge < -0.3 is 15.0 Å². The van der Waals surface area contributed by atoms with E-state index in [0.29, 0.717) is 12.5 Å². The highest BCUT2D eigenvalue weighted by Crippen LogP contribution is 2.38. The summed E-state index contributed by atoms with van der Waals surface area (Å²) in [7, 11) is 1.73. The summed E-state index contributed by atoms with van der Waals surface area (Å²) in [6.07, 6.45) is 3.84. The van der Waals surface area contributed by atoms with Gasteiger partial charge in [-0.1, -0.05) is 0 Å². The van der Waals surface area contributed by atoms with Crippen LogP contribution in [0, 0.1) is 0 Å². The molecule has 2 fully saturated rings. The summed E-state index contributed by atoms with van der Waals surface area (Å²) < 4.78 is 5.50. The summed E-state index contributed by atoms with van der Waals surface area (Å²) in [5.41, 5.74) is -0.134. The molecule has 0 aromatic carbocycles. The van der Waals surface area contributed by atoms with Crippen LogP contribution in [0.3, 0.4) is 0 Å². The van der Waals surface area contributed by atoms with Crippen LogP contribution in [0.4, 0.5) is 0 Å². The number of nitrogens with zero attached hydrogens (tertiary/aromatic N) is 1. The molecule has 0 aromatic rings. The zero-order chi connectivity index (χ0) is 11.6. The second-order valence-electron chi connectivity index (χ2n) is 5.11. The van der Waals surface area contributed by atoms with Gasteiger partial charge in [-0.3, -0.25) is 4.79 Å². The highest BCUT2D eigenvalue weighted by molar-refractivity contribution is 5.77. The van der Waals surface area contributed by atoms with Crippen LogP contribution in [0.5, 0.6) is 0 Å². The van der Waals surface area contributed by atoms with E-state index in [-0.39, 0.29) is 11.5 Å². The van der Waals surface area contributed by atoms with Crippen molar-refractivity contribution in [1.82, 2.24) is 10.2 Å². The number of piperazine rings is 1. The third kappa shape index (κ3) is 2.38. The van der Waals surface area contributed by atoms with Gasteiger partial charge in [-0.05, 0) is 26.2 Å². The fourth-order valence-electron chi connectivity index (χ4n) is 2.57. The van der Waals surface area contributed by atoms with E-state index in [0.717, 1.165) is 32.5 Å². The van der Waals surface area contributed by atoms with Crippen LogP contribution in [0.25, 0.3) is 0 Å². The van der Waals surface area contributed by atoms with Crippen molar-refractivity contribution in [3.63, 3.8) is 0 Å². The first-order chi connectivity index (χ1) is 7.65. The molecule has 0 aromatic heterocycles. The maximum atomic E-state index is 12.1. The molecule has 0 unspecified atom stereocenters. The zero-order valence-electron chi connectivity index (χ0n) is 10.3. The highest BCUT2D eigenvalue weighted by Gasteiger charge is 2.40. The fraction of sp³-hybridized carbons (Fsp3) is 0.917. The molecule has 2 aliphatic rings. The summed E-state index contributed by atoms with van der Waals surface area (Å²) in [5.74, 6) is 0.259. The van der Waals surface area contributed by atoms with Gasteiger partial charge >= 0.3 is 0 Å². The van der Waals surface area contributed by atoms with Gasteiger partial charge in [0.1, 0.15) is 0 Å². The summed E-state index contributed by atoms with van der Waals surface area (Å²) in [6.45, 7) is 4.70. The number of hydrogen-bond donors (Lipinski definition) is 1. The average molecular weight is 226 g/mol. The third-order valence-electron chi connectivity index (χ3n) is 3.89. The summed E-state index contributed by atoms with van der Waals surface area (Å²) >= 11 is 0. The Bertz CT molecular complexity index is 258. The first kappa shape index (κ1) is 11.9. The molecular weight excluding hydrogens is 204 g/mol. The van der Waals surface area contributed by atoms with Gasteiger partial charge in [0.15, 0.2) is 0 Å². The molecule has 1 atom stereocenters. The van der Waals surface area contributed by atoms with Gasteiger partial charge in [0, 0.05) is 32.8 Å². The predicted octanol–water partition coefficient (Wildman–Crippen LogP) is 0.766. The van der Waals surface area contributed by atoms with Gasteiger partial charge in [-0.15, -0.1) is 0 Å². The van der Waals surface area contributed by atoms with Crippen LogP contribution in [-0.4, -0.2) is 49.2 Å². The van der Waals surface area contributed by atoms with Gasteiger partial charge in [-0.2, -0.15) is 0 Å². The van der Waals surface area contributed by atoms with Crippen LogP contribution in [0.15, 0.2) is 0 Å². The van der Waals surface area contributed by atoms with Crippen molar-refractivity contribution in [3.05, 3.63) is 0 Å². The molecule has 92 valence electrons. The summed E-state index contributed by atoms with van der Waals surface area (Å²) in [5, 5.41) is 3.35. The topological polar surface area (TPSA) is 41.6 Å². The van der Waals surface area contributed by atoms with E-state index >= 15 is 0 Å². The van der Waals surface area contributed by atoms with Crippen LogP contribution in [0.1, 0.15) is 32.6 Å². The van der Waals surface area contributed by atoms with E-state index in [4.69, 9.17) is 4.74 Å². The number of carbonyl (C=O) groups is 1. The Morgan fingerprint density at radius 2 is 2.31 bits per heavy atom. The number of amides is 1. The van der Waals surface area contributed by atoms with Crippen LogP contribution in [0.2, 0.25) is 0 Å². The molecule has 0 radical (unpaired) electrons. The first-order valence-corrected chi connectivity index (χ1v) is 6.21. The number of ether oxygens (including phenoxy) is 1. The number of hydrogen-bond acceptors (Lipinski definition) is 3. The van der Waals surface area contributed by atoms with Crippen molar-refractivity contribution in [1.29, 1.82) is 0 Å². The first-order valence-electron chi connectivity index (χ1n) is 6.21. The minimum absolute atomic E-state index is 0.134. The highest BCUT2D eigenvalue weighted by atomic mass is 16.5. The summed E-state index contributed by atoms with van der Waals surface area (Å²) in [4.78, 5) is 14.1.